The summed E-state index contributed by atoms with van der Waals surface area (Å²) < 4.78 is 0. The van der Waals surface area contributed by atoms with Crippen molar-refractivity contribution in [2.75, 3.05) is 0 Å². The molecule has 0 unspecified atom stereocenters. The van der Waals surface area contributed by atoms with Gasteiger partial charge in [0, 0.05) is 47.2 Å². The molecule has 0 aliphatic carbocycles. The Morgan fingerprint density at radius 1 is 0.652 bits per heavy atom. The van der Waals surface area contributed by atoms with Crippen LogP contribution in [0.15, 0.2) is 49.1 Å². The third-order valence-corrected chi connectivity index (χ3v) is 1.85. The molecule has 23 heavy (non-hydrogen) atoms. The first-order chi connectivity index (χ1) is 8.61. The number of rotatable bonds is 2. The predicted octanol–water partition coefficient (Wildman–Crippen LogP) is -1.74. The summed E-state index contributed by atoms with van der Waals surface area (Å²) in [4.78, 5) is 27.7. The molecule has 0 bridgehead atoms. The molecular formula is C12H18AgN2O8. The Morgan fingerprint density at radius 3 is 1.00 bits per heavy atom. The molecular weight excluding hydrogens is 408 g/mol. The molecule has 135 valence electrons. The summed E-state index contributed by atoms with van der Waals surface area (Å²) in [6, 6.07) is 5.79. The van der Waals surface area contributed by atoms with Crippen LogP contribution in [0.25, 0.3) is 0 Å². The van der Waals surface area contributed by atoms with Gasteiger partial charge >= 0.3 is 11.9 Å². The van der Waals surface area contributed by atoms with Gasteiger partial charge in [0.1, 0.15) is 0 Å². The fourth-order valence-electron chi connectivity index (χ4n) is 0.989. The molecule has 10 N–H and O–H groups in total. The van der Waals surface area contributed by atoms with Crippen molar-refractivity contribution in [3.05, 3.63) is 60.2 Å². The van der Waals surface area contributed by atoms with Gasteiger partial charge in [-0.25, -0.2) is 9.59 Å². The minimum atomic E-state index is -0.919. The summed E-state index contributed by atoms with van der Waals surface area (Å²) in [5, 5.41) is 16.7. The number of aromatic carboxylic acids is 2. The Bertz CT molecular complexity index is 478. The third-order valence-electron chi connectivity index (χ3n) is 1.85. The summed E-state index contributed by atoms with van der Waals surface area (Å²) in [6.07, 6.45) is 5.79. The zero-order chi connectivity index (χ0) is 13.4. The zero-order valence-electron chi connectivity index (χ0n) is 11.5. The molecule has 1 radical (unpaired) electrons. The summed E-state index contributed by atoms with van der Waals surface area (Å²) in [6.45, 7) is 0. The Morgan fingerprint density at radius 2 is 0.870 bits per heavy atom. The number of carboxylic acid groups (broad SMARTS) is 2. The molecule has 0 spiro atoms. The SMILES string of the molecule is O.O.O.O.O=C(O)c1ccncc1.O=C(O)c1ccncc1.[Ag]. The molecule has 0 atom stereocenters. The minimum absolute atomic E-state index is 0. The van der Waals surface area contributed by atoms with E-state index < -0.39 is 11.9 Å². The average molecular weight is 426 g/mol. The van der Waals surface area contributed by atoms with Crippen LogP contribution in [0.2, 0.25) is 0 Å². The predicted molar refractivity (Wildman–Crippen MR) is 76.8 cm³/mol. The molecule has 0 amide bonds. The Labute approximate surface area is 146 Å². The standard InChI is InChI=1S/2C6H5NO2.Ag.4H2O/c2*8-6(9)5-1-3-7-4-2-5;;;;;/h2*1-4H,(H,8,9);;4*1H2. The fourth-order valence-corrected chi connectivity index (χ4v) is 0.989. The number of hydrogen-bond donors (Lipinski definition) is 2. The Balaban J connectivity index is -0.0000000771. The molecule has 0 fully saturated rings. The second-order valence-corrected chi connectivity index (χ2v) is 3.08. The van der Waals surface area contributed by atoms with Crippen LogP contribution in [-0.2, 0) is 22.4 Å². The second kappa shape index (κ2) is 17.9. The van der Waals surface area contributed by atoms with Crippen molar-refractivity contribution < 1.29 is 64.1 Å². The van der Waals surface area contributed by atoms with E-state index in [1.54, 1.807) is 0 Å². The number of carbonyl (C=O) groups is 2. The first-order valence-electron chi connectivity index (χ1n) is 4.88. The van der Waals surface area contributed by atoms with Gasteiger partial charge in [0.05, 0.1) is 11.1 Å². The summed E-state index contributed by atoms with van der Waals surface area (Å²) in [5.74, 6) is -1.84. The smallest absolute Gasteiger partial charge is 0.335 e. The van der Waals surface area contributed by atoms with Gasteiger partial charge in [0.2, 0.25) is 0 Å². The van der Waals surface area contributed by atoms with Crippen LogP contribution in [0.1, 0.15) is 20.7 Å². The van der Waals surface area contributed by atoms with Gasteiger partial charge in [-0.1, -0.05) is 0 Å². The van der Waals surface area contributed by atoms with Gasteiger partial charge in [-0.3, -0.25) is 9.97 Å². The topological polar surface area (TPSA) is 226 Å². The Hall–Kier alpha value is -2.18. The molecule has 2 rings (SSSR count). The third kappa shape index (κ3) is 13.2. The van der Waals surface area contributed by atoms with Crippen molar-refractivity contribution in [2.24, 2.45) is 0 Å². The molecule has 2 aromatic heterocycles. The fraction of sp³-hybridized carbons (Fsp3) is 0. The van der Waals surface area contributed by atoms with Crippen molar-refractivity contribution in [3.8, 4) is 0 Å². The van der Waals surface area contributed by atoms with Crippen molar-refractivity contribution in [1.29, 1.82) is 0 Å². The van der Waals surface area contributed by atoms with E-state index in [9.17, 15) is 9.59 Å². The van der Waals surface area contributed by atoms with E-state index in [2.05, 4.69) is 9.97 Å². The number of carboxylic acids is 2. The molecule has 11 heteroatoms. The van der Waals surface area contributed by atoms with E-state index in [1.807, 2.05) is 0 Å². The second-order valence-electron chi connectivity index (χ2n) is 3.08. The number of hydrogen-bond acceptors (Lipinski definition) is 4. The van der Waals surface area contributed by atoms with E-state index in [1.165, 1.54) is 49.1 Å². The average Bonchev–Trinajstić information content (AvgIpc) is 2.41. The Kier molecular flexibility index (Phi) is 25.4. The maximum atomic E-state index is 10.2. The van der Waals surface area contributed by atoms with Crippen LogP contribution in [0.4, 0.5) is 0 Å². The van der Waals surface area contributed by atoms with Crippen molar-refractivity contribution in [3.63, 3.8) is 0 Å². The molecule has 0 aliphatic heterocycles. The monoisotopic (exact) mass is 425 g/mol. The minimum Gasteiger partial charge on any atom is -0.478 e. The van der Waals surface area contributed by atoms with Gasteiger partial charge in [-0.2, -0.15) is 0 Å². The van der Waals surface area contributed by atoms with Gasteiger partial charge in [0.15, 0.2) is 0 Å². The number of nitrogens with zero attached hydrogens (tertiary/aromatic N) is 2. The molecule has 0 saturated carbocycles. The molecule has 0 saturated heterocycles. The van der Waals surface area contributed by atoms with Gasteiger partial charge < -0.3 is 32.1 Å². The normalized spacial score (nSPS) is 6.96. The summed E-state index contributed by atoms with van der Waals surface area (Å²) in [5.41, 5.74) is 0.537. The first kappa shape index (κ1) is 32.7. The van der Waals surface area contributed by atoms with E-state index in [4.69, 9.17) is 10.2 Å². The first-order valence-corrected chi connectivity index (χ1v) is 4.88. The molecule has 2 aromatic rings. The van der Waals surface area contributed by atoms with Crippen molar-refractivity contribution in [1.82, 2.24) is 9.97 Å². The van der Waals surface area contributed by atoms with Gasteiger partial charge in [-0.15, -0.1) is 0 Å². The number of aromatic nitrogens is 2. The van der Waals surface area contributed by atoms with Crippen LogP contribution in [0.3, 0.4) is 0 Å². The van der Waals surface area contributed by atoms with E-state index in [0.717, 1.165) is 0 Å². The molecule has 2 heterocycles. The number of pyridine rings is 2. The van der Waals surface area contributed by atoms with E-state index in [-0.39, 0.29) is 55.4 Å². The van der Waals surface area contributed by atoms with Gasteiger partial charge in [-0.05, 0) is 24.3 Å². The zero-order valence-corrected chi connectivity index (χ0v) is 13.0. The maximum Gasteiger partial charge on any atom is 0.335 e. The summed E-state index contributed by atoms with van der Waals surface area (Å²) in [7, 11) is 0. The van der Waals surface area contributed by atoms with E-state index >= 15 is 0 Å². The van der Waals surface area contributed by atoms with Gasteiger partial charge in [0.25, 0.3) is 0 Å². The molecule has 0 aromatic carbocycles. The van der Waals surface area contributed by atoms with Crippen LogP contribution in [-0.4, -0.2) is 54.0 Å². The van der Waals surface area contributed by atoms with Crippen LogP contribution < -0.4 is 0 Å². The molecule has 10 nitrogen and oxygen atoms in total. The quantitative estimate of drug-likeness (QED) is 0.529. The van der Waals surface area contributed by atoms with E-state index in [0.29, 0.717) is 0 Å². The summed E-state index contributed by atoms with van der Waals surface area (Å²) >= 11 is 0. The van der Waals surface area contributed by atoms with Crippen LogP contribution in [0, 0.1) is 0 Å². The van der Waals surface area contributed by atoms with Crippen LogP contribution >= 0.6 is 0 Å². The van der Waals surface area contributed by atoms with Crippen LogP contribution in [0.5, 0.6) is 0 Å². The van der Waals surface area contributed by atoms with Crippen molar-refractivity contribution >= 4 is 11.9 Å². The maximum absolute atomic E-state index is 10.2. The molecule has 0 aliphatic rings. The largest absolute Gasteiger partial charge is 0.478 e. The van der Waals surface area contributed by atoms with Crippen molar-refractivity contribution in [2.45, 2.75) is 0 Å².